The molecule has 3 aromatic heterocycles. The van der Waals surface area contributed by atoms with E-state index in [0.717, 1.165) is 0 Å². The molecule has 2 amide bonds. The number of ether oxygens (including phenoxy) is 3. The molecule has 192 valence electrons. The number of carbonyl (C=O) groups is 2. The van der Waals surface area contributed by atoms with Crippen LogP contribution in [0.25, 0.3) is 11.4 Å². The highest BCUT2D eigenvalue weighted by Crippen LogP contribution is 2.30. The Morgan fingerprint density at radius 2 is 2.03 bits per heavy atom. The van der Waals surface area contributed by atoms with E-state index in [1.54, 1.807) is 30.5 Å². The fourth-order valence-corrected chi connectivity index (χ4v) is 3.85. The Morgan fingerprint density at radius 1 is 1.14 bits per heavy atom. The Labute approximate surface area is 212 Å². The zero-order valence-electron chi connectivity index (χ0n) is 19.9. The maximum atomic E-state index is 12.4. The Balaban J connectivity index is 1.12. The van der Waals surface area contributed by atoms with E-state index < -0.39 is 6.09 Å². The average Bonchev–Trinajstić information content (AvgIpc) is 3.30. The molecule has 0 saturated carbocycles. The molecule has 0 aliphatic carbocycles. The van der Waals surface area contributed by atoms with E-state index >= 15 is 0 Å². The summed E-state index contributed by atoms with van der Waals surface area (Å²) in [5, 5.41) is 5.93. The van der Waals surface area contributed by atoms with Crippen LogP contribution in [-0.4, -0.2) is 70.9 Å². The quantitative estimate of drug-likeness (QED) is 0.337. The van der Waals surface area contributed by atoms with Crippen molar-refractivity contribution in [2.24, 2.45) is 5.73 Å². The average molecular weight is 507 g/mol. The Kier molecular flexibility index (Phi) is 7.33. The number of carbonyl (C=O) groups excluding carboxylic acids is 2. The number of nitrogens with two attached hydrogens (primary N) is 1. The fourth-order valence-electron chi connectivity index (χ4n) is 3.85. The number of hydrogen-bond donors (Lipinski definition) is 3. The van der Waals surface area contributed by atoms with E-state index in [0.29, 0.717) is 79.7 Å². The molecule has 1 fully saturated rings. The van der Waals surface area contributed by atoms with Crippen LogP contribution < -0.4 is 30.7 Å². The first-order valence-corrected chi connectivity index (χ1v) is 11.8. The molecule has 13 heteroatoms. The van der Waals surface area contributed by atoms with Crippen LogP contribution in [0.3, 0.4) is 0 Å². The van der Waals surface area contributed by atoms with Gasteiger partial charge in [-0.1, -0.05) is 6.07 Å². The molecule has 1 unspecified atom stereocenters. The van der Waals surface area contributed by atoms with Crippen molar-refractivity contribution in [3.05, 3.63) is 48.4 Å². The first kappa shape index (κ1) is 24.3. The van der Waals surface area contributed by atoms with Gasteiger partial charge in [0.2, 0.25) is 5.88 Å². The zero-order chi connectivity index (χ0) is 25.6. The summed E-state index contributed by atoms with van der Waals surface area (Å²) in [4.78, 5) is 43.1. The predicted octanol–water partition coefficient (Wildman–Crippen LogP) is 1.11. The Hall–Kier alpha value is -4.36. The highest BCUT2D eigenvalue weighted by molar-refractivity contribution is 5.95. The van der Waals surface area contributed by atoms with Gasteiger partial charge in [0.25, 0.3) is 5.91 Å². The van der Waals surface area contributed by atoms with Gasteiger partial charge in [-0.25, -0.2) is 24.7 Å². The summed E-state index contributed by atoms with van der Waals surface area (Å²) in [5.41, 5.74) is 6.85. The molecule has 2 aliphatic rings. The third-order valence-electron chi connectivity index (χ3n) is 5.60. The van der Waals surface area contributed by atoms with E-state index in [1.807, 2.05) is 12.1 Å². The maximum absolute atomic E-state index is 12.4. The number of anilines is 2. The first-order valence-electron chi connectivity index (χ1n) is 11.8. The van der Waals surface area contributed by atoms with Crippen molar-refractivity contribution in [3.8, 4) is 23.0 Å². The SMILES string of the molecule is NCCOc1cccc(-c2ccnc(CNCCC3CN(c4ccc5c(n4)NC(=O)CO5)C(=O)O3)n2)n1. The Morgan fingerprint density at radius 3 is 2.92 bits per heavy atom. The molecule has 0 radical (unpaired) electrons. The molecular weight excluding hydrogens is 480 g/mol. The summed E-state index contributed by atoms with van der Waals surface area (Å²) >= 11 is 0. The van der Waals surface area contributed by atoms with Gasteiger partial charge in [0, 0.05) is 18.8 Å². The molecule has 13 nitrogen and oxygen atoms in total. The summed E-state index contributed by atoms with van der Waals surface area (Å²) in [6.07, 6.45) is 1.48. The summed E-state index contributed by atoms with van der Waals surface area (Å²) in [6, 6.07) is 10.6. The molecule has 37 heavy (non-hydrogen) atoms. The fraction of sp³-hybridized carbons (Fsp3) is 0.333. The van der Waals surface area contributed by atoms with Crippen LogP contribution in [0, 0.1) is 0 Å². The van der Waals surface area contributed by atoms with Gasteiger partial charge in [-0.2, -0.15) is 0 Å². The number of aromatic nitrogens is 4. The standard InChI is InChI=1S/C24H26N8O5/c25-8-11-35-22-3-1-2-16(29-22)17-7-10-27-19(28-17)12-26-9-6-15-13-32(24(34)37-15)20-5-4-18-23(30-20)31-21(33)14-36-18/h1-5,7,10,15,26H,6,8-9,11-14,25H2,(H,30,31,33). The number of rotatable bonds is 10. The molecule has 3 aromatic rings. The number of fused-ring (bicyclic) bond motifs is 1. The number of nitrogens with zero attached hydrogens (tertiary/aromatic N) is 5. The lowest BCUT2D eigenvalue weighted by atomic mass is 10.2. The van der Waals surface area contributed by atoms with Gasteiger partial charge < -0.3 is 30.6 Å². The number of nitrogens with one attached hydrogen (secondary N) is 2. The molecule has 0 bridgehead atoms. The number of pyridine rings is 2. The van der Waals surface area contributed by atoms with Crippen LogP contribution >= 0.6 is 0 Å². The van der Waals surface area contributed by atoms with E-state index in [4.69, 9.17) is 19.9 Å². The minimum atomic E-state index is -0.485. The predicted molar refractivity (Wildman–Crippen MR) is 132 cm³/mol. The molecule has 5 heterocycles. The van der Waals surface area contributed by atoms with Crippen LogP contribution in [-0.2, 0) is 16.1 Å². The van der Waals surface area contributed by atoms with Crippen LogP contribution in [0.15, 0.2) is 42.6 Å². The highest BCUT2D eigenvalue weighted by atomic mass is 16.6. The first-order chi connectivity index (χ1) is 18.1. The van der Waals surface area contributed by atoms with Crippen LogP contribution in [0.2, 0.25) is 0 Å². The lowest BCUT2D eigenvalue weighted by Crippen LogP contribution is -2.29. The molecular formula is C24H26N8O5. The second-order valence-electron chi connectivity index (χ2n) is 8.29. The molecule has 0 aromatic carbocycles. The minimum Gasteiger partial charge on any atom is -0.480 e. The molecule has 4 N–H and O–H groups in total. The molecule has 1 atom stereocenters. The number of cyclic esters (lactones) is 1. The van der Waals surface area contributed by atoms with E-state index in [2.05, 4.69) is 30.6 Å². The summed E-state index contributed by atoms with van der Waals surface area (Å²) in [5.74, 6) is 1.96. The highest BCUT2D eigenvalue weighted by Gasteiger charge is 2.33. The van der Waals surface area contributed by atoms with Crippen molar-refractivity contribution in [1.82, 2.24) is 25.3 Å². The normalized spacial score (nSPS) is 16.6. The lowest BCUT2D eigenvalue weighted by Gasteiger charge is -2.19. The van der Waals surface area contributed by atoms with Gasteiger partial charge in [-0.15, -0.1) is 0 Å². The van der Waals surface area contributed by atoms with Gasteiger partial charge >= 0.3 is 6.09 Å². The molecule has 5 rings (SSSR count). The maximum Gasteiger partial charge on any atom is 0.415 e. The second-order valence-corrected chi connectivity index (χ2v) is 8.29. The number of amides is 2. The summed E-state index contributed by atoms with van der Waals surface area (Å²) in [6.45, 7) is 2.11. The third-order valence-corrected chi connectivity index (χ3v) is 5.60. The van der Waals surface area contributed by atoms with E-state index in [1.165, 1.54) is 4.90 Å². The molecule has 1 saturated heterocycles. The largest absolute Gasteiger partial charge is 0.480 e. The van der Waals surface area contributed by atoms with Gasteiger partial charge in [-0.3, -0.25) is 9.69 Å². The smallest absolute Gasteiger partial charge is 0.415 e. The Bertz CT molecular complexity index is 1290. The summed E-state index contributed by atoms with van der Waals surface area (Å²) < 4.78 is 16.3. The van der Waals surface area contributed by atoms with Gasteiger partial charge in [0.05, 0.1) is 24.5 Å². The van der Waals surface area contributed by atoms with Crippen molar-refractivity contribution < 1.29 is 23.8 Å². The van der Waals surface area contributed by atoms with Crippen molar-refractivity contribution in [2.75, 3.05) is 43.1 Å². The van der Waals surface area contributed by atoms with E-state index in [-0.39, 0.29) is 18.6 Å². The van der Waals surface area contributed by atoms with Gasteiger partial charge in [0.1, 0.15) is 24.4 Å². The van der Waals surface area contributed by atoms with Crippen molar-refractivity contribution in [3.63, 3.8) is 0 Å². The number of hydrogen-bond acceptors (Lipinski definition) is 11. The molecule has 0 spiro atoms. The van der Waals surface area contributed by atoms with Crippen molar-refractivity contribution in [1.29, 1.82) is 0 Å². The van der Waals surface area contributed by atoms with E-state index in [9.17, 15) is 9.59 Å². The zero-order valence-corrected chi connectivity index (χ0v) is 19.9. The topological polar surface area (TPSA) is 167 Å². The van der Waals surface area contributed by atoms with Crippen molar-refractivity contribution in [2.45, 2.75) is 19.1 Å². The van der Waals surface area contributed by atoms with Gasteiger partial charge in [0.15, 0.2) is 18.2 Å². The van der Waals surface area contributed by atoms with Crippen molar-refractivity contribution >= 4 is 23.6 Å². The van der Waals surface area contributed by atoms with Crippen LogP contribution in [0.4, 0.5) is 16.4 Å². The second kappa shape index (κ2) is 11.1. The van der Waals surface area contributed by atoms with Crippen LogP contribution in [0.1, 0.15) is 12.2 Å². The minimum absolute atomic E-state index is 0.0571. The monoisotopic (exact) mass is 506 g/mol. The summed E-state index contributed by atoms with van der Waals surface area (Å²) in [7, 11) is 0. The molecule has 2 aliphatic heterocycles. The lowest BCUT2D eigenvalue weighted by molar-refractivity contribution is -0.118. The van der Waals surface area contributed by atoms with Crippen LogP contribution in [0.5, 0.6) is 11.6 Å². The third kappa shape index (κ3) is 5.90. The van der Waals surface area contributed by atoms with Gasteiger partial charge in [-0.05, 0) is 37.2 Å².